The van der Waals surface area contributed by atoms with Crippen molar-refractivity contribution in [3.63, 3.8) is 0 Å². The van der Waals surface area contributed by atoms with E-state index in [1.165, 1.54) is 154 Å². The van der Waals surface area contributed by atoms with Gasteiger partial charge in [0.05, 0.1) is 33.4 Å². The van der Waals surface area contributed by atoms with E-state index in [1.54, 1.807) is 0 Å². The highest BCUT2D eigenvalue weighted by Crippen LogP contribution is 2.53. The van der Waals surface area contributed by atoms with Crippen LogP contribution in [0.4, 0.5) is 17.1 Å². The van der Waals surface area contributed by atoms with Crippen molar-refractivity contribution in [1.29, 1.82) is 0 Å². The molecule has 11 aromatic carbocycles. The van der Waals surface area contributed by atoms with E-state index >= 15 is 0 Å². The number of hydrogen-bond donors (Lipinski definition) is 0. The van der Waals surface area contributed by atoms with E-state index in [0.717, 1.165) is 17.1 Å². The normalized spacial score (nSPS) is 14.0. The van der Waals surface area contributed by atoms with Gasteiger partial charge in [-0.1, -0.05) is 192 Å². The third kappa shape index (κ3) is 6.54. The maximum Gasteiger partial charge on any atom is 0.273 e. The zero-order valence-corrected chi connectivity index (χ0v) is 49.8. The molecule has 0 radical (unpaired) electrons. The fourth-order valence-electron chi connectivity index (χ4n) is 15.3. The van der Waals surface area contributed by atoms with Gasteiger partial charge in [-0.2, -0.15) is 0 Å². The minimum absolute atomic E-state index is 0.0255. The predicted octanol–water partition coefficient (Wildman–Crippen LogP) is 19.1. The molecule has 5 heterocycles. The second kappa shape index (κ2) is 16.1. The number of para-hydroxylation sites is 1. The standard InChI is InChI=1S/C78H67BN4/c1-75(2,3)47-28-32-52(33-29-47)81-64-42-53(80-62-34-26-45-19-17-23-55-54-22-16-18-44-24-25-46-27-35-63(80)70(68(46)66(44)54)69(62)67(45)55)43-65-71(64)79(74-73(81)58-39-49(77(7,8)9)31-37-61(58)82(74)51-20-14-13-15-21-51)59-41-50(78(10,11)12)40-57-56-38-48(76(4,5)6)30-36-60(56)83(65)72(57)59/h13-43H,1-12H3. The molecule has 0 saturated heterocycles. The Morgan fingerprint density at radius 1 is 0.325 bits per heavy atom. The van der Waals surface area contributed by atoms with E-state index in [-0.39, 0.29) is 28.4 Å². The smallest absolute Gasteiger partial charge is 0.273 e. The second-order valence-electron chi connectivity index (χ2n) is 28.6. The van der Waals surface area contributed by atoms with Crippen molar-refractivity contribution in [1.82, 2.24) is 13.7 Å². The van der Waals surface area contributed by atoms with Gasteiger partial charge in [-0.3, -0.25) is 0 Å². The molecular formula is C78H67BN4. The third-order valence-corrected chi connectivity index (χ3v) is 19.5. The van der Waals surface area contributed by atoms with E-state index in [4.69, 9.17) is 0 Å². The Morgan fingerprint density at radius 3 is 1.45 bits per heavy atom. The van der Waals surface area contributed by atoms with Crippen LogP contribution in [0.2, 0.25) is 0 Å². The van der Waals surface area contributed by atoms with Gasteiger partial charge in [-0.15, -0.1) is 0 Å². The van der Waals surface area contributed by atoms with Crippen LogP contribution >= 0.6 is 0 Å². The molecule has 5 heteroatoms. The molecule has 14 aromatic rings. The number of fused-ring (bicyclic) bond motifs is 10. The first-order valence-corrected chi connectivity index (χ1v) is 30.0. The van der Waals surface area contributed by atoms with Crippen LogP contribution < -0.4 is 21.4 Å². The summed E-state index contributed by atoms with van der Waals surface area (Å²) in [6, 6.07) is 73.9. The number of hydrogen-bond acceptors (Lipinski definition) is 1. The van der Waals surface area contributed by atoms with Crippen molar-refractivity contribution in [2.75, 3.05) is 4.90 Å². The summed E-state index contributed by atoms with van der Waals surface area (Å²) in [5.74, 6) is 0. The van der Waals surface area contributed by atoms with Gasteiger partial charge < -0.3 is 18.6 Å². The van der Waals surface area contributed by atoms with Crippen molar-refractivity contribution in [3.8, 4) is 28.2 Å². The molecule has 0 amide bonds. The van der Waals surface area contributed by atoms with Crippen LogP contribution in [0.5, 0.6) is 0 Å². The molecule has 0 atom stereocenters. The summed E-state index contributed by atoms with van der Waals surface area (Å²) >= 11 is 0. The van der Waals surface area contributed by atoms with Crippen LogP contribution in [-0.2, 0) is 21.7 Å². The molecule has 83 heavy (non-hydrogen) atoms. The lowest BCUT2D eigenvalue weighted by Crippen LogP contribution is -2.62. The zero-order valence-electron chi connectivity index (χ0n) is 49.8. The first kappa shape index (κ1) is 48.9. The van der Waals surface area contributed by atoms with Gasteiger partial charge in [0, 0.05) is 66.2 Å². The van der Waals surface area contributed by atoms with Gasteiger partial charge in [0.15, 0.2) is 0 Å². The maximum absolute atomic E-state index is 2.69. The second-order valence-corrected chi connectivity index (χ2v) is 28.6. The third-order valence-electron chi connectivity index (χ3n) is 19.5. The Bertz CT molecular complexity index is 5230. The van der Waals surface area contributed by atoms with Crippen molar-refractivity contribution in [3.05, 3.63) is 210 Å². The van der Waals surface area contributed by atoms with E-state index < -0.39 is 0 Å². The Kier molecular flexibility index (Phi) is 9.45. The first-order chi connectivity index (χ1) is 39.7. The van der Waals surface area contributed by atoms with Gasteiger partial charge in [-0.25, -0.2) is 0 Å². The molecule has 2 aliphatic heterocycles. The molecule has 0 fully saturated rings. The summed E-state index contributed by atoms with van der Waals surface area (Å²) in [5.41, 5.74) is 24.9. The minimum atomic E-state index is -0.146. The summed E-state index contributed by atoms with van der Waals surface area (Å²) in [7, 11) is 0. The van der Waals surface area contributed by atoms with Crippen molar-refractivity contribution < 1.29 is 0 Å². The highest BCUT2D eigenvalue weighted by molar-refractivity contribution is 7.00. The summed E-state index contributed by atoms with van der Waals surface area (Å²) in [5, 5.41) is 14.4. The molecular weight excluding hydrogens is 1000 g/mol. The van der Waals surface area contributed by atoms with Crippen molar-refractivity contribution in [2.24, 2.45) is 0 Å². The maximum atomic E-state index is 2.69. The van der Waals surface area contributed by atoms with E-state index in [0.29, 0.717) is 0 Å². The minimum Gasteiger partial charge on any atom is -0.319 e. The average molecular weight is 1070 g/mol. The lowest BCUT2D eigenvalue weighted by Gasteiger charge is -2.40. The van der Waals surface area contributed by atoms with Crippen molar-refractivity contribution in [2.45, 2.75) is 105 Å². The molecule has 1 aliphatic carbocycles. The number of anilines is 3. The molecule has 3 aliphatic rings. The van der Waals surface area contributed by atoms with Crippen LogP contribution in [0.25, 0.3) is 115 Å². The number of rotatable bonds is 3. The molecule has 4 nitrogen and oxygen atoms in total. The van der Waals surface area contributed by atoms with E-state index in [1.807, 2.05) is 0 Å². The summed E-state index contributed by atoms with van der Waals surface area (Å²) in [6.45, 7) is 28.1. The quantitative estimate of drug-likeness (QED) is 0.127. The highest BCUT2D eigenvalue weighted by Gasteiger charge is 2.47. The topological polar surface area (TPSA) is 18.0 Å². The predicted molar refractivity (Wildman–Crippen MR) is 358 cm³/mol. The molecule has 0 saturated carbocycles. The fourth-order valence-corrected chi connectivity index (χ4v) is 15.3. The van der Waals surface area contributed by atoms with Gasteiger partial charge in [0.1, 0.15) is 0 Å². The largest absolute Gasteiger partial charge is 0.319 e. The van der Waals surface area contributed by atoms with E-state index in [9.17, 15) is 0 Å². The summed E-state index contributed by atoms with van der Waals surface area (Å²) in [4.78, 5) is 2.69. The van der Waals surface area contributed by atoms with Crippen LogP contribution in [0.3, 0.4) is 0 Å². The summed E-state index contributed by atoms with van der Waals surface area (Å²) in [6.07, 6.45) is 0. The Balaban J connectivity index is 1.10. The van der Waals surface area contributed by atoms with Gasteiger partial charge in [0.2, 0.25) is 0 Å². The molecule has 3 aromatic heterocycles. The average Bonchev–Trinajstić information content (AvgIpc) is 3.02. The molecule has 0 N–H and O–H groups in total. The molecule has 402 valence electrons. The number of benzene rings is 11. The lowest BCUT2D eigenvalue weighted by molar-refractivity contribution is 0.590. The molecule has 0 unspecified atom stereocenters. The zero-order chi connectivity index (χ0) is 56.7. The van der Waals surface area contributed by atoms with E-state index in [2.05, 4.69) is 290 Å². The van der Waals surface area contributed by atoms with Crippen LogP contribution in [0.1, 0.15) is 105 Å². The Hall–Kier alpha value is -8.80. The Morgan fingerprint density at radius 2 is 0.831 bits per heavy atom. The van der Waals surface area contributed by atoms with Crippen LogP contribution in [0, 0.1) is 0 Å². The SMILES string of the molecule is CC(C)(C)c1ccc(N2c3cc(-n4c5ccc6cccc7c6c5c5c6c(ccc8cccc-7c86)ccc54)cc4c3B(c3cc(C(C)(C)C)cc5c6cc(C(C)(C)C)ccc6n-4c35)c3c2c2cc(C(C)(C)C)ccc2n3-c2ccccc2)cc1. The molecule has 17 rings (SSSR count). The molecule has 0 spiro atoms. The summed E-state index contributed by atoms with van der Waals surface area (Å²) < 4.78 is 7.97. The monoisotopic (exact) mass is 1070 g/mol. The number of aromatic nitrogens is 3. The fraction of sp³-hybridized carbons (Fsp3) is 0.205. The lowest BCUT2D eigenvalue weighted by atomic mass is 9.35. The Labute approximate surface area is 486 Å². The highest BCUT2D eigenvalue weighted by atomic mass is 15.2. The van der Waals surface area contributed by atoms with Gasteiger partial charge in [0.25, 0.3) is 6.71 Å². The number of nitrogens with zero attached hydrogens (tertiary/aromatic N) is 4. The van der Waals surface area contributed by atoms with Crippen LogP contribution in [0.15, 0.2) is 188 Å². The van der Waals surface area contributed by atoms with Crippen molar-refractivity contribution >= 4 is 127 Å². The van der Waals surface area contributed by atoms with Gasteiger partial charge >= 0.3 is 0 Å². The molecule has 0 bridgehead atoms. The first-order valence-electron chi connectivity index (χ1n) is 30.0. The van der Waals surface area contributed by atoms with Crippen LogP contribution in [-0.4, -0.2) is 20.4 Å². The van der Waals surface area contributed by atoms with Gasteiger partial charge in [-0.05, 0) is 172 Å².